The van der Waals surface area contributed by atoms with Gasteiger partial charge in [0, 0.05) is 36.1 Å². The van der Waals surface area contributed by atoms with Crippen LogP contribution in [0.2, 0.25) is 0 Å². The molecule has 23 heavy (non-hydrogen) atoms. The van der Waals surface area contributed by atoms with Gasteiger partial charge in [-0.1, -0.05) is 6.07 Å². The summed E-state index contributed by atoms with van der Waals surface area (Å²) in [7, 11) is 0. The Bertz CT molecular complexity index is 906. The Morgan fingerprint density at radius 2 is 2.17 bits per heavy atom. The number of nitrogens with one attached hydrogen (secondary N) is 1. The maximum atomic E-state index is 13.7. The van der Waals surface area contributed by atoms with Gasteiger partial charge in [-0.05, 0) is 32.0 Å². The highest BCUT2D eigenvalue weighted by Gasteiger charge is 2.11. The molecule has 0 aliphatic carbocycles. The Kier molecular flexibility index (Phi) is 4.16. The molecule has 0 radical (unpaired) electrons. The highest BCUT2D eigenvalue weighted by atomic mass is 19.1. The third kappa shape index (κ3) is 3.12. The maximum Gasteiger partial charge on any atom is 0.258 e. The number of hydrogen-bond acceptors (Lipinski definition) is 4. The van der Waals surface area contributed by atoms with Gasteiger partial charge in [-0.2, -0.15) is 0 Å². The van der Waals surface area contributed by atoms with E-state index >= 15 is 0 Å². The van der Waals surface area contributed by atoms with Gasteiger partial charge in [-0.3, -0.25) is 14.2 Å². The number of pyridine rings is 2. The summed E-state index contributed by atoms with van der Waals surface area (Å²) in [5.41, 5.74) is 2.49. The largest absolute Gasteiger partial charge is 0.304 e. The number of aryl methyl sites for hydroxylation is 1. The number of rotatable bonds is 4. The number of aromatic nitrogens is 3. The SMILES string of the molecule is Cc1cccc2nc(CNC(C)c3ccncc3F)cc(=O)n12. The highest BCUT2D eigenvalue weighted by Crippen LogP contribution is 2.15. The van der Waals surface area contributed by atoms with Crippen molar-refractivity contribution in [2.45, 2.75) is 26.4 Å². The van der Waals surface area contributed by atoms with Crippen LogP contribution < -0.4 is 10.9 Å². The fraction of sp³-hybridized carbons (Fsp3) is 0.235. The van der Waals surface area contributed by atoms with Gasteiger partial charge in [0.15, 0.2) is 0 Å². The number of halogens is 1. The van der Waals surface area contributed by atoms with Crippen molar-refractivity contribution < 1.29 is 4.39 Å². The van der Waals surface area contributed by atoms with E-state index in [0.717, 1.165) is 5.69 Å². The van der Waals surface area contributed by atoms with Crippen LogP contribution in [0.4, 0.5) is 4.39 Å². The molecule has 0 amide bonds. The monoisotopic (exact) mass is 312 g/mol. The maximum absolute atomic E-state index is 13.7. The van der Waals surface area contributed by atoms with Gasteiger partial charge in [0.05, 0.1) is 11.9 Å². The zero-order chi connectivity index (χ0) is 16.4. The van der Waals surface area contributed by atoms with Gasteiger partial charge in [0.1, 0.15) is 11.5 Å². The molecule has 3 aromatic heterocycles. The van der Waals surface area contributed by atoms with Crippen molar-refractivity contribution in [3.63, 3.8) is 0 Å². The van der Waals surface area contributed by atoms with Gasteiger partial charge < -0.3 is 5.32 Å². The first-order valence-electron chi connectivity index (χ1n) is 7.37. The van der Waals surface area contributed by atoms with Crippen molar-refractivity contribution in [3.05, 3.63) is 75.8 Å². The quantitative estimate of drug-likeness (QED) is 0.803. The average Bonchev–Trinajstić information content (AvgIpc) is 2.53. The molecule has 0 aliphatic heterocycles. The highest BCUT2D eigenvalue weighted by molar-refractivity contribution is 5.40. The van der Waals surface area contributed by atoms with Crippen molar-refractivity contribution in [2.75, 3.05) is 0 Å². The fourth-order valence-electron chi connectivity index (χ4n) is 2.56. The first-order valence-corrected chi connectivity index (χ1v) is 7.37. The van der Waals surface area contributed by atoms with Crippen molar-refractivity contribution in [3.8, 4) is 0 Å². The standard InChI is InChI=1S/C17H17FN4O/c1-11-4-3-5-16-21-13(8-17(23)22(11)16)9-20-12(2)14-6-7-19-10-15(14)18/h3-8,10,12,20H,9H2,1-2H3. The van der Waals surface area contributed by atoms with Gasteiger partial charge in [0.2, 0.25) is 0 Å². The van der Waals surface area contributed by atoms with E-state index in [0.29, 0.717) is 23.4 Å². The number of hydrogen-bond donors (Lipinski definition) is 1. The molecule has 0 saturated heterocycles. The minimum atomic E-state index is -0.352. The molecule has 5 nitrogen and oxygen atoms in total. The van der Waals surface area contributed by atoms with Crippen LogP contribution in [0.1, 0.15) is 29.9 Å². The van der Waals surface area contributed by atoms with E-state index < -0.39 is 0 Å². The molecular weight excluding hydrogens is 295 g/mol. The molecule has 118 valence electrons. The smallest absolute Gasteiger partial charge is 0.258 e. The lowest BCUT2D eigenvalue weighted by atomic mass is 10.1. The van der Waals surface area contributed by atoms with Crippen LogP contribution in [0.25, 0.3) is 5.65 Å². The summed E-state index contributed by atoms with van der Waals surface area (Å²) in [6.07, 6.45) is 2.75. The third-order valence-corrected chi connectivity index (χ3v) is 3.79. The summed E-state index contributed by atoms with van der Waals surface area (Å²) in [5.74, 6) is -0.352. The summed E-state index contributed by atoms with van der Waals surface area (Å²) in [4.78, 5) is 20.4. The minimum Gasteiger partial charge on any atom is -0.304 e. The predicted octanol–water partition coefficient (Wildman–Crippen LogP) is 2.39. The first-order chi connectivity index (χ1) is 11.1. The predicted molar refractivity (Wildman–Crippen MR) is 85.6 cm³/mol. The Hall–Kier alpha value is -2.60. The van der Waals surface area contributed by atoms with E-state index in [4.69, 9.17) is 0 Å². The van der Waals surface area contributed by atoms with Crippen molar-refractivity contribution >= 4 is 5.65 Å². The molecule has 0 bridgehead atoms. The normalized spacial score (nSPS) is 12.5. The lowest BCUT2D eigenvalue weighted by Crippen LogP contribution is -2.23. The second-order valence-corrected chi connectivity index (χ2v) is 5.45. The van der Waals surface area contributed by atoms with E-state index in [1.165, 1.54) is 12.3 Å². The lowest BCUT2D eigenvalue weighted by Gasteiger charge is -2.14. The summed E-state index contributed by atoms with van der Waals surface area (Å²) < 4.78 is 15.3. The number of fused-ring (bicyclic) bond motifs is 1. The minimum absolute atomic E-state index is 0.118. The Balaban J connectivity index is 1.83. The van der Waals surface area contributed by atoms with E-state index in [1.54, 1.807) is 22.7 Å². The van der Waals surface area contributed by atoms with E-state index in [2.05, 4.69) is 15.3 Å². The second kappa shape index (κ2) is 6.26. The second-order valence-electron chi connectivity index (χ2n) is 5.45. The molecule has 0 fully saturated rings. The Labute approximate surface area is 132 Å². The van der Waals surface area contributed by atoms with E-state index in [-0.39, 0.29) is 17.4 Å². The van der Waals surface area contributed by atoms with Crippen molar-refractivity contribution in [1.82, 2.24) is 19.7 Å². The van der Waals surface area contributed by atoms with Crippen LogP contribution in [0, 0.1) is 12.7 Å². The van der Waals surface area contributed by atoms with Crippen LogP contribution in [0.15, 0.2) is 47.5 Å². The molecule has 3 aromatic rings. The lowest BCUT2D eigenvalue weighted by molar-refractivity contribution is 0.521. The van der Waals surface area contributed by atoms with Gasteiger partial charge in [0.25, 0.3) is 5.56 Å². The molecule has 6 heteroatoms. The molecular formula is C17H17FN4O. The molecule has 0 aliphatic rings. The molecule has 3 rings (SSSR count). The van der Waals surface area contributed by atoms with E-state index in [1.807, 2.05) is 26.0 Å². The molecule has 3 heterocycles. The molecule has 0 saturated carbocycles. The van der Waals surface area contributed by atoms with Gasteiger partial charge in [-0.25, -0.2) is 9.37 Å². The Morgan fingerprint density at radius 3 is 2.96 bits per heavy atom. The average molecular weight is 312 g/mol. The van der Waals surface area contributed by atoms with E-state index in [9.17, 15) is 9.18 Å². The summed E-state index contributed by atoms with van der Waals surface area (Å²) in [6, 6.07) is 8.45. The third-order valence-electron chi connectivity index (χ3n) is 3.79. The summed E-state index contributed by atoms with van der Waals surface area (Å²) in [5, 5.41) is 3.18. The Morgan fingerprint density at radius 1 is 1.35 bits per heavy atom. The first kappa shape index (κ1) is 15.3. The zero-order valence-electron chi connectivity index (χ0n) is 13.0. The van der Waals surface area contributed by atoms with Crippen LogP contribution in [-0.4, -0.2) is 14.4 Å². The molecule has 1 atom stereocenters. The van der Waals surface area contributed by atoms with Crippen LogP contribution in [-0.2, 0) is 6.54 Å². The fourth-order valence-corrected chi connectivity index (χ4v) is 2.56. The van der Waals surface area contributed by atoms with Crippen LogP contribution in [0.5, 0.6) is 0 Å². The molecule has 0 aromatic carbocycles. The topological polar surface area (TPSA) is 59.3 Å². The molecule has 1 N–H and O–H groups in total. The van der Waals surface area contributed by atoms with Gasteiger partial charge in [-0.15, -0.1) is 0 Å². The van der Waals surface area contributed by atoms with Crippen molar-refractivity contribution in [2.24, 2.45) is 0 Å². The zero-order valence-corrected chi connectivity index (χ0v) is 13.0. The summed E-state index contributed by atoms with van der Waals surface area (Å²) in [6.45, 7) is 4.10. The van der Waals surface area contributed by atoms with Crippen LogP contribution in [0.3, 0.4) is 0 Å². The van der Waals surface area contributed by atoms with Crippen molar-refractivity contribution in [1.29, 1.82) is 0 Å². The summed E-state index contributed by atoms with van der Waals surface area (Å²) >= 11 is 0. The van der Waals surface area contributed by atoms with Crippen LogP contribution >= 0.6 is 0 Å². The molecule has 0 spiro atoms. The molecule has 1 unspecified atom stereocenters. The van der Waals surface area contributed by atoms with Gasteiger partial charge >= 0.3 is 0 Å². The number of nitrogens with zero attached hydrogens (tertiary/aromatic N) is 3.